The van der Waals surface area contributed by atoms with Crippen molar-refractivity contribution >= 4 is 5.97 Å². The molecule has 0 saturated carbocycles. The second-order valence-corrected chi connectivity index (χ2v) is 7.95. The van der Waals surface area contributed by atoms with Gasteiger partial charge in [-0.2, -0.15) is 0 Å². The molecule has 0 saturated heterocycles. The van der Waals surface area contributed by atoms with Gasteiger partial charge in [0, 0.05) is 22.3 Å². The third kappa shape index (κ3) is 5.62. The number of aliphatic hydroxyl groups is 1. The van der Waals surface area contributed by atoms with E-state index in [-0.39, 0.29) is 24.4 Å². The minimum atomic E-state index is -0.264. The van der Waals surface area contributed by atoms with Crippen LogP contribution in [0, 0.1) is 18.8 Å². The number of ether oxygens (including phenoxy) is 2. The molecule has 1 N–H and O–H groups in total. The number of methoxy groups -OCH3 is 1. The Morgan fingerprint density at radius 1 is 1.14 bits per heavy atom. The molecule has 0 aromatic heterocycles. The first-order valence-electron chi connectivity index (χ1n) is 9.79. The lowest BCUT2D eigenvalue weighted by Gasteiger charge is -2.26. The first-order valence-corrected chi connectivity index (χ1v) is 9.79. The summed E-state index contributed by atoms with van der Waals surface area (Å²) in [5.74, 6) is 6.94. The zero-order valence-electron chi connectivity index (χ0n) is 18.2. The van der Waals surface area contributed by atoms with Crippen molar-refractivity contribution in [3.63, 3.8) is 0 Å². The van der Waals surface area contributed by atoms with Crippen molar-refractivity contribution in [3.05, 3.63) is 63.7 Å². The van der Waals surface area contributed by atoms with E-state index in [4.69, 9.17) is 9.47 Å². The highest BCUT2D eigenvalue weighted by Crippen LogP contribution is 2.37. The molecule has 4 nitrogen and oxygen atoms in total. The monoisotopic (exact) mass is 394 g/mol. The van der Waals surface area contributed by atoms with Gasteiger partial charge in [-0.3, -0.25) is 4.79 Å². The summed E-state index contributed by atoms with van der Waals surface area (Å²) in [7, 11) is 1.38. The lowest BCUT2D eigenvalue weighted by molar-refractivity contribution is -0.139. The van der Waals surface area contributed by atoms with Crippen LogP contribution < -0.4 is 4.74 Å². The number of rotatable bonds is 5. The van der Waals surface area contributed by atoms with Crippen molar-refractivity contribution in [1.82, 2.24) is 0 Å². The van der Waals surface area contributed by atoms with Gasteiger partial charge < -0.3 is 14.6 Å². The van der Waals surface area contributed by atoms with E-state index >= 15 is 0 Å². The Morgan fingerprint density at radius 3 is 2.31 bits per heavy atom. The normalized spacial score (nSPS) is 10.9. The first kappa shape index (κ1) is 22.5. The molecule has 0 aliphatic carbocycles. The smallest absolute Gasteiger partial charge is 0.309 e. The van der Waals surface area contributed by atoms with Gasteiger partial charge in [-0.15, -0.1) is 0 Å². The minimum absolute atomic E-state index is 0.0952. The third-order valence-corrected chi connectivity index (χ3v) is 4.79. The highest BCUT2D eigenvalue weighted by molar-refractivity contribution is 5.72. The average molecular weight is 395 g/mol. The Morgan fingerprint density at radius 2 is 1.79 bits per heavy atom. The van der Waals surface area contributed by atoms with E-state index in [0.29, 0.717) is 6.61 Å². The zero-order chi connectivity index (χ0) is 21.6. The highest BCUT2D eigenvalue weighted by Gasteiger charge is 2.24. The molecule has 4 heteroatoms. The van der Waals surface area contributed by atoms with Crippen LogP contribution >= 0.6 is 0 Å². The number of hydrogen-bond donors (Lipinski definition) is 1. The van der Waals surface area contributed by atoms with Crippen molar-refractivity contribution < 1.29 is 19.4 Å². The van der Waals surface area contributed by atoms with Gasteiger partial charge in [0.1, 0.15) is 5.75 Å². The van der Waals surface area contributed by atoms with Crippen molar-refractivity contribution in [3.8, 4) is 17.6 Å². The SMILES string of the molecule is CCOc1c(C(C)(C)C)cc(C#Cc2ccc(CC(=O)OC)cc2)c(C)c1CO. The molecular formula is C25H30O4. The quantitative estimate of drug-likeness (QED) is 0.607. The molecule has 0 aliphatic rings. The van der Waals surface area contributed by atoms with Gasteiger partial charge in [0.15, 0.2) is 0 Å². The second kappa shape index (κ2) is 9.62. The van der Waals surface area contributed by atoms with Gasteiger partial charge >= 0.3 is 5.97 Å². The maximum Gasteiger partial charge on any atom is 0.309 e. The van der Waals surface area contributed by atoms with E-state index in [1.165, 1.54) is 7.11 Å². The van der Waals surface area contributed by atoms with E-state index < -0.39 is 0 Å². The summed E-state index contributed by atoms with van der Waals surface area (Å²) in [6.45, 7) is 10.7. The van der Waals surface area contributed by atoms with Crippen LogP contribution in [0.1, 0.15) is 61.1 Å². The molecule has 29 heavy (non-hydrogen) atoms. The van der Waals surface area contributed by atoms with Gasteiger partial charge in [0.25, 0.3) is 0 Å². The summed E-state index contributed by atoms with van der Waals surface area (Å²) in [4.78, 5) is 11.4. The first-order chi connectivity index (χ1) is 13.7. The number of aliphatic hydroxyl groups excluding tert-OH is 1. The van der Waals surface area contributed by atoms with E-state index in [0.717, 1.165) is 39.1 Å². The average Bonchev–Trinajstić information content (AvgIpc) is 2.68. The van der Waals surface area contributed by atoms with Crippen LogP contribution in [0.2, 0.25) is 0 Å². The number of carbonyl (C=O) groups excluding carboxylic acids is 1. The standard InChI is InChI=1S/C25H30O4/c1-7-29-24-21(16-26)17(2)20(15-22(24)25(3,4)5)13-12-18-8-10-19(11-9-18)14-23(27)28-6/h8-11,15,26H,7,14,16H2,1-6H3. The maximum absolute atomic E-state index is 11.4. The fourth-order valence-corrected chi connectivity index (χ4v) is 3.08. The lowest BCUT2D eigenvalue weighted by atomic mass is 9.82. The van der Waals surface area contributed by atoms with E-state index in [1.54, 1.807) is 0 Å². The molecule has 0 aliphatic heterocycles. The van der Waals surface area contributed by atoms with Gasteiger partial charge in [-0.1, -0.05) is 44.7 Å². The van der Waals surface area contributed by atoms with Crippen LogP contribution in [0.4, 0.5) is 0 Å². The molecule has 0 bridgehead atoms. The number of carbonyl (C=O) groups is 1. The van der Waals surface area contributed by atoms with E-state index in [1.807, 2.05) is 38.1 Å². The molecule has 0 spiro atoms. The third-order valence-electron chi connectivity index (χ3n) is 4.79. The summed E-state index contributed by atoms with van der Waals surface area (Å²) in [6, 6.07) is 9.62. The van der Waals surface area contributed by atoms with Gasteiger partial charge in [-0.25, -0.2) is 0 Å². The van der Waals surface area contributed by atoms with Crippen LogP contribution in [0.5, 0.6) is 5.75 Å². The Labute approximate surface area is 173 Å². The Bertz CT molecular complexity index is 923. The van der Waals surface area contributed by atoms with Crippen LogP contribution in [0.3, 0.4) is 0 Å². The molecule has 0 heterocycles. The summed E-state index contributed by atoms with van der Waals surface area (Å²) in [6.07, 6.45) is 0.247. The van der Waals surface area contributed by atoms with Crippen molar-refractivity contribution in [2.45, 2.75) is 53.1 Å². The topological polar surface area (TPSA) is 55.8 Å². The van der Waals surface area contributed by atoms with Gasteiger partial charge in [0.05, 0.1) is 26.7 Å². The molecule has 2 aromatic carbocycles. The molecule has 0 radical (unpaired) electrons. The largest absolute Gasteiger partial charge is 0.493 e. The Balaban J connectivity index is 2.45. The van der Waals surface area contributed by atoms with E-state index in [2.05, 4.69) is 38.7 Å². The molecule has 2 rings (SSSR count). The van der Waals surface area contributed by atoms with Crippen molar-refractivity contribution in [2.75, 3.05) is 13.7 Å². The van der Waals surface area contributed by atoms with Crippen LogP contribution in [-0.4, -0.2) is 24.8 Å². The lowest BCUT2D eigenvalue weighted by Crippen LogP contribution is -2.16. The fraction of sp³-hybridized carbons (Fsp3) is 0.400. The number of esters is 1. The molecular weight excluding hydrogens is 364 g/mol. The fourth-order valence-electron chi connectivity index (χ4n) is 3.08. The molecule has 0 unspecified atom stereocenters. The highest BCUT2D eigenvalue weighted by atomic mass is 16.5. The zero-order valence-corrected chi connectivity index (χ0v) is 18.2. The van der Waals surface area contributed by atoms with Gasteiger partial charge in [-0.05, 0) is 48.6 Å². The Kier molecular flexibility index (Phi) is 7.47. The molecule has 154 valence electrons. The van der Waals surface area contributed by atoms with Gasteiger partial charge in [0.2, 0.25) is 0 Å². The van der Waals surface area contributed by atoms with Crippen LogP contribution in [0.15, 0.2) is 30.3 Å². The van der Waals surface area contributed by atoms with Crippen molar-refractivity contribution in [1.29, 1.82) is 0 Å². The number of hydrogen-bond acceptors (Lipinski definition) is 4. The summed E-state index contributed by atoms with van der Waals surface area (Å²) in [5, 5.41) is 9.98. The number of benzene rings is 2. The van der Waals surface area contributed by atoms with Crippen LogP contribution in [0.25, 0.3) is 0 Å². The summed E-state index contributed by atoms with van der Waals surface area (Å²) < 4.78 is 10.6. The molecule has 2 aromatic rings. The second-order valence-electron chi connectivity index (χ2n) is 7.95. The molecule has 0 fully saturated rings. The predicted octanol–water partition coefficient (Wildman–Crippen LogP) is 4.30. The summed E-state index contributed by atoms with van der Waals surface area (Å²) in [5.41, 5.74) is 5.23. The molecule has 0 amide bonds. The van der Waals surface area contributed by atoms with E-state index in [9.17, 15) is 9.90 Å². The van der Waals surface area contributed by atoms with Crippen LogP contribution in [-0.2, 0) is 28.0 Å². The minimum Gasteiger partial charge on any atom is -0.493 e. The summed E-state index contributed by atoms with van der Waals surface area (Å²) >= 11 is 0. The van der Waals surface area contributed by atoms with Crippen molar-refractivity contribution in [2.24, 2.45) is 0 Å². The maximum atomic E-state index is 11.4. The molecule has 0 atom stereocenters. The Hall–Kier alpha value is -2.77. The predicted molar refractivity (Wildman–Crippen MR) is 115 cm³/mol.